The highest BCUT2D eigenvalue weighted by Crippen LogP contribution is 2.35. The number of benzene rings is 1. The van der Waals surface area contributed by atoms with Gasteiger partial charge in [-0.2, -0.15) is 21.9 Å². The average molecular weight is 320 g/mol. The summed E-state index contributed by atoms with van der Waals surface area (Å²) in [4.78, 5) is 12.4. The Labute approximate surface area is 136 Å². The molecule has 0 unspecified atom stereocenters. The van der Waals surface area contributed by atoms with Crippen LogP contribution in [0, 0.1) is 28.6 Å². The molecule has 2 N–H and O–H groups in total. The molecule has 0 amide bonds. The molecule has 23 heavy (non-hydrogen) atoms. The standard InChI is InChI=1S/C17H12N4OS/c18-8-13(9-19)14(12-6-7-23-10-12)15-16(20-21-17(15)22)11-4-2-1-3-5-11/h1-7,10,13-14H,(H2,20,21,22)/t14-/m0/s1. The number of aromatic amines is 2. The Bertz CT molecular complexity index is 912. The Kier molecular flexibility index (Phi) is 4.09. The topological polar surface area (TPSA) is 96.2 Å². The monoisotopic (exact) mass is 320 g/mol. The summed E-state index contributed by atoms with van der Waals surface area (Å²) in [5.74, 6) is -1.54. The van der Waals surface area contributed by atoms with Gasteiger partial charge in [0.15, 0.2) is 0 Å². The largest absolute Gasteiger partial charge is 0.297 e. The summed E-state index contributed by atoms with van der Waals surface area (Å²) in [5, 5.41) is 27.9. The Morgan fingerprint density at radius 2 is 1.78 bits per heavy atom. The fourth-order valence-electron chi connectivity index (χ4n) is 2.65. The van der Waals surface area contributed by atoms with Crippen LogP contribution in [0.5, 0.6) is 0 Å². The molecule has 5 nitrogen and oxygen atoms in total. The first-order valence-corrected chi connectivity index (χ1v) is 7.87. The van der Waals surface area contributed by atoms with Gasteiger partial charge in [0, 0.05) is 5.92 Å². The highest BCUT2D eigenvalue weighted by atomic mass is 32.1. The van der Waals surface area contributed by atoms with Crippen molar-refractivity contribution >= 4 is 11.3 Å². The molecule has 2 aromatic heterocycles. The van der Waals surface area contributed by atoms with Crippen LogP contribution in [0.15, 0.2) is 52.0 Å². The zero-order chi connectivity index (χ0) is 16.2. The molecule has 6 heteroatoms. The fraction of sp³-hybridized carbons (Fsp3) is 0.118. The third kappa shape index (κ3) is 2.68. The summed E-state index contributed by atoms with van der Waals surface area (Å²) in [6.07, 6.45) is 0. The normalized spacial score (nSPS) is 11.8. The molecule has 0 aliphatic rings. The quantitative estimate of drug-likeness (QED) is 0.772. The molecule has 0 aliphatic carbocycles. The molecule has 0 saturated carbocycles. The van der Waals surface area contributed by atoms with E-state index < -0.39 is 11.8 Å². The Morgan fingerprint density at radius 1 is 1.04 bits per heavy atom. The van der Waals surface area contributed by atoms with Crippen LogP contribution in [0.4, 0.5) is 0 Å². The highest BCUT2D eigenvalue weighted by molar-refractivity contribution is 7.08. The number of nitriles is 2. The third-order valence-corrected chi connectivity index (χ3v) is 4.40. The first kappa shape index (κ1) is 14.8. The molecule has 0 spiro atoms. The zero-order valence-corrected chi connectivity index (χ0v) is 12.8. The number of nitrogens with zero attached hydrogens (tertiary/aromatic N) is 2. The summed E-state index contributed by atoms with van der Waals surface area (Å²) < 4.78 is 0. The van der Waals surface area contributed by atoms with Gasteiger partial charge < -0.3 is 0 Å². The SMILES string of the molecule is N#CC(C#N)[C@H](c1ccsc1)c1c(-c2ccccc2)[nH][nH]c1=O. The van der Waals surface area contributed by atoms with E-state index in [0.717, 1.165) is 11.1 Å². The van der Waals surface area contributed by atoms with Crippen LogP contribution >= 0.6 is 11.3 Å². The lowest BCUT2D eigenvalue weighted by atomic mass is 9.82. The summed E-state index contributed by atoms with van der Waals surface area (Å²) in [7, 11) is 0. The van der Waals surface area contributed by atoms with Crippen molar-refractivity contribution in [2.24, 2.45) is 5.92 Å². The van der Waals surface area contributed by atoms with Gasteiger partial charge in [-0.1, -0.05) is 30.3 Å². The lowest BCUT2D eigenvalue weighted by Gasteiger charge is -2.16. The van der Waals surface area contributed by atoms with E-state index in [4.69, 9.17) is 0 Å². The van der Waals surface area contributed by atoms with Crippen molar-refractivity contribution in [3.63, 3.8) is 0 Å². The van der Waals surface area contributed by atoms with Crippen LogP contribution in [0.3, 0.4) is 0 Å². The van der Waals surface area contributed by atoms with Crippen LogP contribution in [-0.4, -0.2) is 10.2 Å². The van der Waals surface area contributed by atoms with Crippen molar-refractivity contribution in [3.05, 3.63) is 68.6 Å². The minimum Gasteiger partial charge on any atom is -0.297 e. The van der Waals surface area contributed by atoms with Crippen LogP contribution in [-0.2, 0) is 0 Å². The number of H-pyrrole nitrogens is 2. The van der Waals surface area contributed by atoms with Gasteiger partial charge in [-0.05, 0) is 28.0 Å². The van der Waals surface area contributed by atoms with Gasteiger partial charge in [0.2, 0.25) is 0 Å². The zero-order valence-electron chi connectivity index (χ0n) is 12.0. The highest BCUT2D eigenvalue weighted by Gasteiger charge is 2.31. The van der Waals surface area contributed by atoms with Gasteiger partial charge in [0.1, 0.15) is 5.92 Å². The second kappa shape index (κ2) is 6.35. The number of rotatable bonds is 4. The molecule has 1 atom stereocenters. The lowest BCUT2D eigenvalue weighted by molar-refractivity contribution is 0.709. The second-order valence-electron chi connectivity index (χ2n) is 5.00. The van der Waals surface area contributed by atoms with E-state index in [1.54, 1.807) is 0 Å². The van der Waals surface area contributed by atoms with E-state index >= 15 is 0 Å². The molecule has 3 rings (SSSR count). The smallest absolute Gasteiger partial charge is 0.268 e. The van der Waals surface area contributed by atoms with Gasteiger partial charge in [-0.25, -0.2) is 0 Å². The van der Waals surface area contributed by atoms with Gasteiger partial charge in [-0.3, -0.25) is 15.0 Å². The van der Waals surface area contributed by atoms with Gasteiger partial charge in [0.05, 0.1) is 23.4 Å². The Balaban J connectivity index is 2.23. The molecule has 0 bridgehead atoms. The number of aromatic nitrogens is 2. The van der Waals surface area contributed by atoms with E-state index in [9.17, 15) is 15.3 Å². The molecule has 112 valence electrons. The summed E-state index contributed by atoms with van der Waals surface area (Å²) in [6.45, 7) is 0. The molecule has 0 radical (unpaired) electrons. The first-order valence-electron chi connectivity index (χ1n) is 6.93. The minimum absolute atomic E-state index is 0.310. The molecule has 0 saturated heterocycles. The van der Waals surface area contributed by atoms with E-state index in [1.165, 1.54) is 11.3 Å². The van der Waals surface area contributed by atoms with E-state index in [2.05, 4.69) is 10.2 Å². The fourth-order valence-corrected chi connectivity index (χ4v) is 3.35. The van der Waals surface area contributed by atoms with Gasteiger partial charge in [-0.15, -0.1) is 0 Å². The van der Waals surface area contributed by atoms with Crippen molar-refractivity contribution in [2.45, 2.75) is 5.92 Å². The van der Waals surface area contributed by atoms with E-state index in [0.29, 0.717) is 11.3 Å². The summed E-state index contributed by atoms with van der Waals surface area (Å²) >= 11 is 1.47. The van der Waals surface area contributed by atoms with Crippen LogP contribution in [0.25, 0.3) is 11.3 Å². The number of hydrogen-bond acceptors (Lipinski definition) is 4. The maximum absolute atomic E-state index is 12.4. The molecule has 3 aromatic rings. The summed E-state index contributed by atoms with van der Waals surface area (Å²) in [6, 6.07) is 15.2. The lowest BCUT2D eigenvalue weighted by Crippen LogP contribution is -2.18. The van der Waals surface area contributed by atoms with Crippen molar-refractivity contribution in [1.82, 2.24) is 10.2 Å². The predicted octanol–water partition coefficient (Wildman–Crippen LogP) is 3.23. The van der Waals surface area contributed by atoms with Crippen LogP contribution in [0.1, 0.15) is 17.0 Å². The van der Waals surface area contributed by atoms with Gasteiger partial charge >= 0.3 is 0 Å². The van der Waals surface area contributed by atoms with Crippen molar-refractivity contribution < 1.29 is 0 Å². The van der Waals surface area contributed by atoms with E-state index in [1.807, 2.05) is 59.3 Å². The Hall–Kier alpha value is -3.09. The van der Waals surface area contributed by atoms with Crippen molar-refractivity contribution in [1.29, 1.82) is 10.5 Å². The first-order chi connectivity index (χ1) is 11.3. The maximum atomic E-state index is 12.4. The average Bonchev–Trinajstić information content (AvgIpc) is 3.24. The van der Waals surface area contributed by atoms with Crippen molar-refractivity contribution in [2.75, 3.05) is 0 Å². The number of hydrogen-bond donors (Lipinski definition) is 2. The molecular weight excluding hydrogens is 308 g/mol. The van der Waals surface area contributed by atoms with Crippen LogP contribution < -0.4 is 5.56 Å². The molecule has 2 heterocycles. The predicted molar refractivity (Wildman–Crippen MR) is 87.7 cm³/mol. The summed E-state index contributed by atoms with van der Waals surface area (Å²) in [5.41, 5.74) is 2.35. The maximum Gasteiger partial charge on any atom is 0.268 e. The number of thiophene rings is 1. The third-order valence-electron chi connectivity index (χ3n) is 3.70. The molecule has 1 aromatic carbocycles. The Morgan fingerprint density at radius 3 is 2.39 bits per heavy atom. The van der Waals surface area contributed by atoms with Crippen LogP contribution in [0.2, 0.25) is 0 Å². The molecule has 0 fully saturated rings. The molecular formula is C17H12N4OS. The van der Waals surface area contributed by atoms with E-state index in [-0.39, 0.29) is 5.56 Å². The van der Waals surface area contributed by atoms with Gasteiger partial charge in [0.25, 0.3) is 5.56 Å². The number of nitrogens with one attached hydrogen (secondary N) is 2. The minimum atomic E-state index is -0.941. The second-order valence-corrected chi connectivity index (χ2v) is 5.78. The molecule has 0 aliphatic heterocycles. The van der Waals surface area contributed by atoms with Crippen molar-refractivity contribution in [3.8, 4) is 23.4 Å².